The molecule has 5 aromatic carbocycles. The molecule has 11 rings (SSSR count). The van der Waals surface area contributed by atoms with Crippen molar-refractivity contribution in [3.05, 3.63) is 156 Å². The normalized spacial score (nSPS) is 19.8. The average Bonchev–Trinajstić information content (AvgIpc) is 3.72. The summed E-state index contributed by atoms with van der Waals surface area (Å²) < 4.78 is 18.9. The van der Waals surface area contributed by atoms with Gasteiger partial charge < -0.3 is 14.4 Å². The molecule has 45 heavy (non-hydrogen) atoms. The monoisotopic (exact) mass is 580 g/mol. The molecule has 2 atom stereocenters. The van der Waals surface area contributed by atoms with Gasteiger partial charge in [-0.05, 0) is 60.5 Å². The molecule has 0 saturated carbocycles. The first-order chi connectivity index (χ1) is 22.2. The van der Waals surface area contributed by atoms with E-state index in [1.807, 2.05) is 0 Å². The molecule has 0 radical (unpaired) electrons. The van der Waals surface area contributed by atoms with E-state index in [-0.39, 0.29) is 6.23 Å². The fourth-order valence-corrected chi connectivity index (χ4v) is 8.52. The van der Waals surface area contributed by atoms with Gasteiger partial charge in [0.25, 0.3) is 5.82 Å². The number of fused-ring (bicyclic) bond motifs is 7. The predicted octanol–water partition coefficient (Wildman–Crippen LogP) is 8.51. The van der Waals surface area contributed by atoms with Crippen molar-refractivity contribution in [1.29, 1.82) is 0 Å². The molecule has 0 amide bonds. The van der Waals surface area contributed by atoms with E-state index in [4.69, 9.17) is 9.47 Å². The molecule has 0 saturated heterocycles. The fourth-order valence-electron chi connectivity index (χ4n) is 8.52. The molecule has 4 aliphatic heterocycles. The maximum Gasteiger partial charge on any atom is 0.288 e. The molecule has 5 heteroatoms. The van der Waals surface area contributed by atoms with Crippen molar-refractivity contribution in [1.82, 2.24) is 4.57 Å². The third kappa shape index (κ3) is 2.66. The van der Waals surface area contributed by atoms with Gasteiger partial charge in [0.1, 0.15) is 28.3 Å². The van der Waals surface area contributed by atoms with Gasteiger partial charge in [0.15, 0.2) is 5.52 Å². The number of anilines is 1. The largest absolute Gasteiger partial charge is 0.462 e. The molecule has 2 unspecified atom stereocenters. The van der Waals surface area contributed by atoms with Gasteiger partial charge in [0, 0.05) is 22.4 Å². The molecular weight excluding hydrogens is 554 g/mol. The molecule has 212 valence electrons. The van der Waals surface area contributed by atoms with Crippen LogP contribution >= 0.6 is 0 Å². The summed E-state index contributed by atoms with van der Waals surface area (Å²) in [5, 5.41) is 2.46. The number of aromatic nitrogens is 2. The Kier molecular flexibility index (Phi) is 4.21. The van der Waals surface area contributed by atoms with Gasteiger partial charge in [-0.25, -0.2) is 4.57 Å². The molecule has 0 fully saturated rings. The predicted molar refractivity (Wildman–Crippen MR) is 175 cm³/mol. The highest BCUT2D eigenvalue weighted by Gasteiger charge is 2.69. The minimum atomic E-state index is -0.674. The highest BCUT2D eigenvalue weighted by Crippen LogP contribution is 2.63. The van der Waals surface area contributed by atoms with E-state index in [1.165, 1.54) is 32.9 Å². The maximum atomic E-state index is 7.28. The van der Waals surface area contributed by atoms with Gasteiger partial charge in [-0.15, -0.1) is 0 Å². The summed E-state index contributed by atoms with van der Waals surface area (Å²) in [5.74, 6) is 3.78. The van der Waals surface area contributed by atoms with Crippen LogP contribution in [-0.2, 0) is 10.3 Å². The van der Waals surface area contributed by atoms with Gasteiger partial charge in [-0.1, -0.05) is 78.9 Å². The van der Waals surface area contributed by atoms with Crippen LogP contribution in [0.5, 0.6) is 11.5 Å². The Morgan fingerprint density at radius 3 is 2.29 bits per heavy atom. The third-order valence-corrected chi connectivity index (χ3v) is 10.3. The number of para-hydroxylation sites is 1. The smallest absolute Gasteiger partial charge is 0.288 e. The Bertz CT molecular complexity index is 2460. The number of hydrogen-bond donors (Lipinski definition) is 0. The summed E-state index contributed by atoms with van der Waals surface area (Å²) in [7, 11) is 0. The SMILES string of the molecule is CC1=C(c2ccc(-c3ccccc3)cc2)OC2N1c1cccc3c1C21c2c(ccc4c5ccccc5n(c24)-c2cccc[n+]21)O3. The molecule has 2 aromatic heterocycles. The Morgan fingerprint density at radius 1 is 0.644 bits per heavy atom. The summed E-state index contributed by atoms with van der Waals surface area (Å²) in [6.07, 6.45) is 1.87. The van der Waals surface area contributed by atoms with Crippen molar-refractivity contribution < 1.29 is 14.0 Å². The minimum Gasteiger partial charge on any atom is -0.462 e. The Labute approximate surface area is 259 Å². The second-order valence-electron chi connectivity index (χ2n) is 12.3. The number of allylic oxidation sites excluding steroid dienone is 1. The zero-order valence-corrected chi connectivity index (χ0v) is 24.4. The van der Waals surface area contributed by atoms with Crippen LogP contribution in [0.4, 0.5) is 5.69 Å². The van der Waals surface area contributed by atoms with E-state index in [0.29, 0.717) is 0 Å². The fraction of sp³-hybridized carbons (Fsp3) is 0.0750. The van der Waals surface area contributed by atoms with Crippen LogP contribution in [0.2, 0.25) is 0 Å². The molecule has 4 aliphatic rings. The van der Waals surface area contributed by atoms with Crippen LogP contribution in [0.25, 0.3) is 44.5 Å². The maximum absolute atomic E-state index is 7.28. The summed E-state index contributed by atoms with van der Waals surface area (Å²) >= 11 is 0. The van der Waals surface area contributed by atoms with Crippen LogP contribution in [0.3, 0.4) is 0 Å². The van der Waals surface area contributed by atoms with Crippen molar-refractivity contribution in [3.63, 3.8) is 0 Å². The van der Waals surface area contributed by atoms with E-state index in [9.17, 15) is 0 Å². The van der Waals surface area contributed by atoms with Crippen molar-refractivity contribution in [2.75, 3.05) is 4.90 Å². The lowest BCUT2D eigenvalue weighted by Crippen LogP contribution is -2.68. The summed E-state index contributed by atoms with van der Waals surface area (Å²) in [5.41, 5.74) is 9.70. The summed E-state index contributed by atoms with van der Waals surface area (Å²) in [6, 6.07) is 45.3. The highest BCUT2D eigenvalue weighted by atomic mass is 16.5. The zero-order valence-electron chi connectivity index (χ0n) is 24.4. The quantitative estimate of drug-likeness (QED) is 0.192. The van der Waals surface area contributed by atoms with Crippen LogP contribution in [0, 0.1) is 0 Å². The standard InChI is InChI=1S/C40H26N3O2/c1-24-38(27-19-17-26(18-20-27)25-10-3-2-4-11-25)45-39-40-35-31(42(24)39)14-9-15-32(35)44-33-22-21-29-28-12-5-6-13-30(28)43(37(29)36(33)40)34-16-7-8-23-41(34)40/h2-23,39H,1H3/q+1. The van der Waals surface area contributed by atoms with Crippen LogP contribution in [0.15, 0.2) is 139 Å². The first-order valence-corrected chi connectivity index (χ1v) is 15.5. The first kappa shape index (κ1) is 23.6. The van der Waals surface area contributed by atoms with Crippen LogP contribution < -0.4 is 14.2 Å². The van der Waals surface area contributed by atoms with Crippen LogP contribution in [0.1, 0.15) is 23.6 Å². The van der Waals surface area contributed by atoms with Gasteiger partial charge in [-0.3, -0.25) is 0 Å². The number of hydrogen-bond acceptors (Lipinski definition) is 3. The number of benzene rings is 5. The van der Waals surface area contributed by atoms with Crippen molar-refractivity contribution >= 4 is 33.3 Å². The minimum absolute atomic E-state index is 0.344. The lowest BCUT2D eigenvalue weighted by atomic mass is 9.77. The molecule has 0 aliphatic carbocycles. The van der Waals surface area contributed by atoms with Crippen molar-refractivity contribution in [2.45, 2.75) is 18.7 Å². The van der Waals surface area contributed by atoms with E-state index >= 15 is 0 Å². The molecule has 5 nitrogen and oxygen atoms in total. The van der Waals surface area contributed by atoms with E-state index < -0.39 is 5.54 Å². The number of ether oxygens (including phenoxy) is 2. The molecule has 0 N–H and O–H groups in total. The van der Waals surface area contributed by atoms with E-state index in [0.717, 1.165) is 51.2 Å². The van der Waals surface area contributed by atoms with Gasteiger partial charge in [-0.2, -0.15) is 4.57 Å². The number of pyridine rings is 1. The summed E-state index contributed by atoms with van der Waals surface area (Å²) in [4.78, 5) is 2.40. The van der Waals surface area contributed by atoms with Crippen molar-refractivity contribution in [2.24, 2.45) is 0 Å². The lowest BCUT2D eigenvalue weighted by Gasteiger charge is -2.40. The Hall–Kier alpha value is -5.81. The molecule has 0 bridgehead atoms. The second kappa shape index (κ2) is 8.01. The number of nitrogens with zero attached hydrogens (tertiary/aromatic N) is 3. The number of rotatable bonds is 2. The zero-order chi connectivity index (χ0) is 29.4. The van der Waals surface area contributed by atoms with E-state index in [2.05, 4.69) is 155 Å². The van der Waals surface area contributed by atoms with Crippen LogP contribution in [-0.4, -0.2) is 10.8 Å². The topological polar surface area (TPSA) is 30.5 Å². The Morgan fingerprint density at radius 2 is 1.40 bits per heavy atom. The molecule has 7 aromatic rings. The van der Waals surface area contributed by atoms with Gasteiger partial charge in [0.05, 0.1) is 23.1 Å². The summed E-state index contributed by atoms with van der Waals surface area (Å²) in [6.45, 7) is 2.19. The van der Waals surface area contributed by atoms with E-state index in [1.54, 1.807) is 0 Å². The molecule has 6 heterocycles. The van der Waals surface area contributed by atoms with Gasteiger partial charge >= 0.3 is 0 Å². The highest BCUT2D eigenvalue weighted by molar-refractivity contribution is 6.12. The van der Waals surface area contributed by atoms with Crippen molar-refractivity contribution in [3.8, 4) is 28.4 Å². The molecule has 1 spiro atoms. The lowest BCUT2D eigenvalue weighted by molar-refractivity contribution is -0.746. The third-order valence-electron chi connectivity index (χ3n) is 10.3. The van der Waals surface area contributed by atoms with Gasteiger partial charge in [0.2, 0.25) is 11.8 Å². The molecular formula is C40H26N3O2+. The second-order valence-corrected chi connectivity index (χ2v) is 12.3. The Balaban J connectivity index is 1.20. The average molecular weight is 581 g/mol. The first-order valence-electron chi connectivity index (χ1n) is 15.5.